The minimum absolute atomic E-state index is 0.0674. The van der Waals surface area contributed by atoms with E-state index in [4.69, 9.17) is 4.55 Å². The van der Waals surface area contributed by atoms with Gasteiger partial charge in [-0.05, 0) is 6.42 Å². The topological polar surface area (TPSA) is 49.3 Å². The van der Waals surface area contributed by atoms with Gasteiger partial charge in [-0.1, -0.05) is 96.8 Å². The SMILES string of the molecule is CCCCCCCCCCCCCCCCCC(=O)NSO. The Labute approximate surface area is 142 Å². The largest absolute Gasteiger partial charge is 0.312 e. The van der Waals surface area contributed by atoms with Gasteiger partial charge in [-0.25, -0.2) is 0 Å². The van der Waals surface area contributed by atoms with Crippen molar-refractivity contribution in [1.29, 1.82) is 0 Å². The third kappa shape index (κ3) is 17.8. The lowest BCUT2D eigenvalue weighted by Crippen LogP contribution is -2.14. The fourth-order valence-electron chi connectivity index (χ4n) is 2.76. The van der Waals surface area contributed by atoms with Crippen molar-refractivity contribution in [2.75, 3.05) is 0 Å². The van der Waals surface area contributed by atoms with Gasteiger partial charge >= 0.3 is 0 Å². The summed E-state index contributed by atoms with van der Waals surface area (Å²) in [6.45, 7) is 2.27. The van der Waals surface area contributed by atoms with Crippen LogP contribution in [-0.4, -0.2) is 10.5 Å². The van der Waals surface area contributed by atoms with Crippen LogP contribution in [0.3, 0.4) is 0 Å². The molecule has 0 aromatic heterocycles. The maximum atomic E-state index is 11.1. The smallest absolute Gasteiger partial charge is 0.231 e. The highest BCUT2D eigenvalue weighted by Gasteiger charge is 1.99. The summed E-state index contributed by atoms with van der Waals surface area (Å²) in [4.78, 5) is 11.1. The molecule has 0 saturated heterocycles. The fraction of sp³-hybridized carbons (Fsp3) is 0.944. The molecule has 0 aromatic rings. The van der Waals surface area contributed by atoms with E-state index < -0.39 is 0 Å². The van der Waals surface area contributed by atoms with Crippen LogP contribution in [0, 0.1) is 0 Å². The van der Waals surface area contributed by atoms with Crippen LogP contribution in [0.5, 0.6) is 0 Å². The highest BCUT2D eigenvalue weighted by molar-refractivity contribution is 7.92. The van der Waals surface area contributed by atoms with Crippen molar-refractivity contribution in [3.8, 4) is 0 Å². The third-order valence-electron chi connectivity index (χ3n) is 4.17. The zero-order valence-corrected chi connectivity index (χ0v) is 15.4. The second kappa shape index (κ2) is 18.8. The third-order valence-corrected chi connectivity index (χ3v) is 4.49. The van der Waals surface area contributed by atoms with E-state index in [9.17, 15) is 4.79 Å². The molecule has 0 fully saturated rings. The zero-order chi connectivity index (χ0) is 16.3. The Kier molecular flexibility index (Phi) is 18.6. The lowest BCUT2D eigenvalue weighted by Gasteiger charge is -2.03. The number of unbranched alkanes of at least 4 members (excludes halogenated alkanes) is 14. The molecule has 0 radical (unpaired) electrons. The predicted molar refractivity (Wildman–Crippen MR) is 97.9 cm³/mol. The van der Waals surface area contributed by atoms with Gasteiger partial charge in [-0.15, -0.1) is 0 Å². The number of nitrogens with one attached hydrogen (secondary N) is 1. The van der Waals surface area contributed by atoms with Gasteiger partial charge in [0.1, 0.15) is 12.2 Å². The van der Waals surface area contributed by atoms with Crippen molar-refractivity contribution in [3.63, 3.8) is 0 Å². The van der Waals surface area contributed by atoms with Crippen LogP contribution >= 0.6 is 12.2 Å². The second-order valence-electron chi connectivity index (χ2n) is 6.32. The predicted octanol–water partition coefficient (Wildman–Crippen LogP) is 6.49. The Hall–Kier alpha value is -0.220. The van der Waals surface area contributed by atoms with Crippen molar-refractivity contribution < 1.29 is 9.35 Å². The fourth-order valence-corrected chi connectivity index (χ4v) is 2.96. The standard InChI is InChI=1S/C18H37NO2S/c1-2-3-4-5-6-7-8-9-10-11-12-13-14-15-16-17-18(20)19-22-21/h21H,2-17H2,1H3,(H,19,20). The van der Waals surface area contributed by atoms with Gasteiger partial charge in [-0.3, -0.25) is 9.52 Å². The molecule has 2 N–H and O–H groups in total. The summed E-state index contributed by atoms with van der Waals surface area (Å²) in [5, 5.41) is 0. The maximum absolute atomic E-state index is 11.1. The lowest BCUT2D eigenvalue weighted by molar-refractivity contribution is -0.119. The van der Waals surface area contributed by atoms with E-state index in [1.165, 1.54) is 83.5 Å². The van der Waals surface area contributed by atoms with Crippen molar-refractivity contribution in [2.45, 2.75) is 110 Å². The van der Waals surface area contributed by atoms with Crippen molar-refractivity contribution in [1.82, 2.24) is 4.72 Å². The first-order valence-corrected chi connectivity index (χ1v) is 10.2. The summed E-state index contributed by atoms with van der Waals surface area (Å²) in [5.41, 5.74) is 0. The molecule has 0 saturated carbocycles. The minimum Gasteiger partial charge on any atom is -0.312 e. The molecule has 0 aromatic carbocycles. The number of amides is 1. The molecule has 0 aliphatic rings. The van der Waals surface area contributed by atoms with Crippen LogP contribution in [0.4, 0.5) is 0 Å². The summed E-state index contributed by atoms with van der Waals surface area (Å²) in [6.07, 6.45) is 20.5. The molecular weight excluding hydrogens is 294 g/mol. The molecule has 0 unspecified atom stereocenters. The summed E-state index contributed by atoms with van der Waals surface area (Å²) < 4.78 is 10.8. The molecule has 0 atom stereocenters. The van der Waals surface area contributed by atoms with Crippen LogP contribution in [0.25, 0.3) is 0 Å². The number of hydrogen-bond acceptors (Lipinski definition) is 3. The van der Waals surface area contributed by atoms with Crippen LogP contribution in [0.15, 0.2) is 0 Å². The molecular formula is C18H37NO2S. The molecule has 0 bridgehead atoms. The summed E-state index contributed by atoms with van der Waals surface area (Å²) in [5.74, 6) is -0.0674. The number of hydrogen-bond donors (Lipinski definition) is 2. The first-order chi connectivity index (χ1) is 10.8. The molecule has 1 amide bonds. The Morgan fingerprint density at radius 1 is 0.727 bits per heavy atom. The molecule has 22 heavy (non-hydrogen) atoms. The normalized spacial score (nSPS) is 10.8. The van der Waals surface area contributed by atoms with Crippen molar-refractivity contribution in [2.24, 2.45) is 0 Å². The van der Waals surface area contributed by atoms with Gasteiger partial charge in [0.15, 0.2) is 0 Å². The van der Waals surface area contributed by atoms with Crippen LogP contribution < -0.4 is 4.72 Å². The minimum atomic E-state index is -0.0674. The van der Waals surface area contributed by atoms with Crippen molar-refractivity contribution >= 4 is 18.1 Å². The highest BCUT2D eigenvalue weighted by atomic mass is 32.2. The highest BCUT2D eigenvalue weighted by Crippen LogP contribution is 2.13. The van der Waals surface area contributed by atoms with Gasteiger partial charge in [0, 0.05) is 6.42 Å². The summed E-state index contributed by atoms with van der Waals surface area (Å²) in [6, 6.07) is 0. The van der Waals surface area contributed by atoms with E-state index >= 15 is 0 Å². The van der Waals surface area contributed by atoms with E-state index in [2.05, 4.69) is 11.6 Å². The molecule has 4 heteroatoms. The zero-order valence-electron chi connectivity index (χ0n) is 14.6. The van der Waals surface area contributed by atoms with Gasteiger partial charge in [-0.2, -0.15) is 0 Å². The van der Waals surface area contributed by atoms with Gasteiger partial charge in [0.05, 0.1) is 0 Å². The first kappa shape index (κ1) is 21.8. The Bertz CT molecular complexity index is 237. The Balaban J connectivity index is 3.01. The Morgan fingerprint density at radius 2 is 1.09 bits per heavy atom. The average Bonchev–Trinajstić information content (AvgIpc) is 2.51. The van der Waals surface area contributed by atoms with E-state index in [0.717, 1.165) is 12.8 Å². The van der Waals surface area contributed by atoms with Gasteiger partial charge < -0.3 is 4.55 Å². The van der Waals surface area contributed by atoms with E-state index in [-0.39, 0.29) is 5.91 Å². The number of carbonyl (C=O) groups is 1. The summed E-state index contributed by atoms with van der Waals surface area (Å²) in [7, 11) is 0. The molecule has 0 spiro atoms. The molecule has 132 valence electrons. The van der Waals surface area contributed by atoms with Crippen LogP contribution in [0.2, 0.25) is 0 Å². The number of carbonyl (C=O) groups excluding carboxylic acids is 1. The summed E-state index contributed by atoms with van der Waals surface area (Å²) >= 11 is 0.398. The Morgan fingerprint density at radius 3 is 1.45 bits per heavy atom. The quantitative estimate of drug-likeness (QED) is 0.182. The molecule has 0 heterocycles. The lowest BCUT2D eigenvalue weighted by atomic mass is 10.0. The van der Waals surface area contributed by atoms with Crippen LogP contribution in [0.1, 0.15) is 110 Å². The molecule has 0 rings (SSSR count). The van der Waals surface area contributed by atoms with Gasteiger partial charge in [0.25, 0.3) is 0 Å². The van der Waals surface area contributed by atoms with E-state index in [1.807, 2.05) is 0 Å². The van der Waals surface area contributed by atoms with E-state index in [0.29, 0.717) is 18.6 Å². The van der Waals surface area contributed by atoms with Crippen LogP contribution in [-0.2, 0) is 4.79 Å². The van der Waals surface area contributed by atoms with Gasteiger partial charge in [0.2, 0.25) is 5.91 Å². The molecule has 0 aliphatic heterocycles. The first-order valence-electron chi connectivity index (χ1n) is 9.40. The number of rotatable bonds is 17. The second-order valence-corrected chi connectivity index (χ2v) is 6.70. The monoisotopic (exact) mass is 331 g/mol. The average molecular weight is 332 g/mol. The maximum Gasteiger partial charge on any atom is 0.231 e. The van der Waals surface area contributed by atoms with E-state index in [1.54, 1.807) is 0 Å². The molecule has 0 aliphatic carbocycles. The molecule has 3 nitrogen and oxygen atoms in total. The van der Waals surface area contributed by atoms with Crippen molar-refractivity contribution in [3.05, 3.63) is 0 Å².